The Labute approximate surface area is 223 Å². The molecule has 1 heterocycles. The molecule has 1 aromatic rings. The molecule has 3 atom stereocenters. The van der Waals surface area contributed by atoms with Crippen molar-refractivity contribution in [3.8, 4) is 0 Å². The number of hydrogen-bond acceptors (Lipinski definition) is 7. The van der Waals surface area contributed by atoms with Crippen molar-refractivity contribution in [3.05, 3.63) is 34.4 Å². The predicted octanol–water partition coefficient (Wildman–Crippen LogP) is 5.72. The third kappa shape index (κ3) is 14.1. The van der Waals surface area contributed by atoms with E-state index in [9.17, 15) is 14.4 Å². The van der Waals surface area contributed by atoms with E-state index in [0.29, 0.717) is 0 Å². The van der Waals surface area contributed by atoms with Gasteiger partial charge in [-0.2, -0.15) is 0 Å². The van der Waals surface area contributed by atoms with Gasteiger partial charge in [-0.3, -0.25) is 14.6 Å². The number of esters is 1. The summed E-state index contributed by atoms with van der Waals surface area (Å²) in [5, 5.41) is 0. The molecule has 37 heavy (non-hydrogen) atoms. The van der Waals surface area contributed by atoms with Crippen molar-refractivity contribution in [2.45, 2.75) is 117 Å². The highest BCUT2D eigenvalue weighted by atomic mass is 16.5. The molecule has 0 saturated heterocycles. The number of carbonyl (C=O) groups excluding carboxylic acids is 2. The number of nitrogens with one attached hydrogen (secondary N) is 1. The van der Waals surface area contributed by atoms with Gasteiger partial charge in [-0.15, -0.1) is 0 Å². The molecule has 1 aromatic heterocycles. The van der Waals surface area contributed by atoms with E-state index in [0.717, 1.165) is 44.9 Å². The molecule has 0 aliphatic rings. The number of carbonyl (C=O) groups is 2. The number of ether oxygens (including phenoxy) is 1. The summed E-state index contributed by atoms with van der Waals surface area (Å²) in [6.45, 7) is 6.26. The molecule has 0 amide bonds. The summed E-state index contributed by atoms with van der Waals surface area (Å²) < 4.78 is 5.51. The highest BCUT2D eigenvalue weighted by molar-refractivity contribution is 5.99. The lowest BCUT2D eigenvalue weighted by molar-refractivity contribution is -0.148. The maximum absolute atomic E-state index is 12.8. The Balaban J connectivity index is 2.49. The molecule has 0 aliphatic carbocycles. The summed E-state index contributed by atoms with van der Waals surface area (Å²) in [5.41, 5.74) is 11.4. The summed E-state index contributed by atoms with van der Waals surface area (Å²) in [6, 6.07) is -0.677. The Morgan fingerprint density at radius 3 is 2.27 bits per heavy atom. The molecule has 8 nitrogen and oxygen atoms in total. The van der Waals surface area contributed by atoms with Crippen molar-refractivity contribution in [2.75, 3.05) is 12.3 Å². The van der Waals surface area contributed by atoms with Crippen LogP contribution in [0.15, 0.2) is 23.1 Å². The number of rotatable bonds is 21. The molecule has 0 aromatic carbocycles. The van der Waals surface area contributed by atoms with Crippen LogP contribution in [0, 0.1) is 11.8 Å². The van der Waals surface area contributed by atoms with Gasteiger partial charge in [-0.1, -0.05) is 84.3 Å². The van der Waals surface area contributed by atoms with Gasteiger partial charge in [0.05, 0.1) is 12.2 Å². The van der Waals surface area contributed by atoms with Crippen LogP contribution in [0.2, 0.25) is 0 Å². The highest BCUT2D eigenvalue weighted by Gasteiger charge is 2.24. The molecule has 0 fully saturated rings. The number of aromatic amines is 1. The van der Waals surface area contributed by atoms with Crippen molar-refractivity contribution in [3.63, 3.8) is 0 Å². The lowest BCUT2D eigenvalue weighted by atomic mass is 9.94. The Morgan fingerprint density at radius 1 is 1.03 bits per heavy atom. The zero-order valence-electron chi connectivity index (χ0n) is 23.3. The molecule has 1 rings (SSSR count). The number of ketones is 1. The van der Waals surface area contributed by atoms with Gasteiger partial charge >= 0.3 is 11.7 Å². The van der Waals surface area contributed by atoms with Crippen molar-refractivity contribution in [2.24, 2.45) is 17.6 Å². The number of nitrogens with two attached hydrogens (primary N) is 2. The first kappa shape index (κ1) is 32.5. The molecule has 0 radical (unpaired) electrons. The Hall–Kier alpha value is -2.48. The van der Waals surface area contributed by atoms with Crippen molar-refractivity contribution < 1.29 is 14.3 Å². The van der Waals surface area contributed by atoms with Gasteiger partial charge in [-0.05, 0) is 38.0 Å². The first-order valence-corrected chi connectivity index (χ1v) is 14.2. The van der Waals surface area contributed by atoms with Gasteiger partial charge in [-0.25, -0.2) is 9.78 Å². The van der Waals surface area contributed by atoms with E-state index in [1.54, 1.807) is 0 Å². The third-order valence-corrected chi connectivity index (χ3v) is 6.98. The standard InChI is InChI=1S/C29H50N4O4/c1-4-6-7-8-9-10-11-12-13-14-15-16-17-18-23(21-37-28(35)26(30)22(3)5-2)19-25(34)24-20-32-29(36)33-27(24)31/h12-13,20,22-23,26H,4-11,14-19,21,30H2,1-3H3,(H3,31,32,33,36)/t22-,23?,26-/m0/s1. The smallest absolute Gasteiger partial charge is 0.346 e. The van der Waals surface area contributed by atoms with Crippen LogP contribution in [0.1, 0.15) is 121 Å². The number of nitrogen functional groups attached to an aromatic ring is 1. The average molecular weight is 519 g/mol. The van der Waals surface area contributed by atoms with E-state index in [1.807, 2.05) is 13.8 Å². The van der Waals surface area contributed by atoms with Gasteiger partial charge < -0.3 is 16.2 Å². The second kappa shape index (κ2) is 19.6. The molecule has 5 N–H and O–H groups in total. The Bertz CT molecular complexity index is 868. The molecule has 0 saturated carbocycles. The molecule has 0 aliphatic heterocycles. The van der Waals surface area contributed by atoms with Crippen LogP contribution in [0.25, 0.3) is 0 Å². The average Bonchev–Trinajstić information content (AvgIpc) is 2.88. The SMILES string of the molecule is CCCCCCCCC=CCCCCCC(COC(=O)[C@@H](N)[C@@H](C)CC)CC(=O)c1cnc(=O)[nH]c1N. The summed E-state index contributed by atoms with van der Waals surface area (Å²) in [6.07, 6.45) is 20.6. The summed E-state index contributed by atoms with van der Waals surface area (Å²) >= 11 is 0. The van der Waals surface area contributed by atoms with Crippen LogP contribution in [0.5, 0.6) is 0 Å². The van der Waals surface area contributed by atoms with E-state index in [4.69, 9.17) is 16.2 Å². The minimum absolute atomic E-state index is 0.00674. The van der Waals surface area contributed by atoms with Gasteiger partial charge in [0.1, 0.15) is 11.9 Å². The van der Waals surface area contributed by atoms with Gasteiger partial charge in [0.2, 0.25) is 0 Å². The van der Waals surface area contributed by atoms with Crippen molar-refractivity contribution in [1.82, 2.24) is 9.97 Å². The zero-order chi connectivity index (χ0) is 27.5. The largest absolute Gasteiger partial charge is 0.464 e. The Kier molecular flexibility index (Phi) is 17.2. The molecule has 0 spiro atoms. The highest BCUT2D eigenvalue weighted by Crippen LogP contribution is 2.20. The van der Waals surface area contributed by atoms with Crippen LogP contribution < -0.4 is 17.2 Å². The van der Waals surface area contributed by atoms with Crippen molar-refractivity contribution >= 4 is 17.6 Å². The number of Topliss-reactive ketones (excluding diaryl/α,β-unsaturated/α-hetero) is 1. The number of nitrogens with zero attached hydrogens (tertiary/aromatic N) is 1. The first-order valence-electron chi connectivity index (χ1n) is 14.2. The molecule has 0 bridgehead atoms. The Morgan fingerprint density at radius 2 is 1.65 bits per heavy atom. The number of anilines is 1. The van der Waals surface area contributed by atoms with E-state index in [1.165, 1.54) is 44.7 Å². The van der Waals surface area contributed by atoms with Gasteiger partial charge in [0.25, 0.3) is 0 Å². The van der Waals surface area contributed by atoms with Crippen molar-refractivity contribution in [1.29, 1.82) is 0 Å². The van der Waals surface area contributed by atoms with Crippen LogP contribution in [0.3, 0.4) is 0 Å². The number of unbranched alkanes of at least 4 members (excludes halogenated alkanes) is 9. The van der Waals surface area contributed by atoms with E-state index in [2.05, 4.69) is 29.0 Å². The van der Waals surface area contributed by atoms with Gasteiger partial charge in [0.15, 0.2) is 5.78 Å². The first-order chi connectivity index (χ1) is 17.8. The lowest BCUT2D eigenvalue weighted by Gasteiger charge is -2.20. The molecule has 1 unspecified atom stereocenters. The third-order valence-electron chi connectivity index (χ3n) is 6.98. The summed E-state index contributed by atoms with van der Waals surface area (Å²) in [7, 11) is 0. The number of allylic oxidation sites excluding steroid dienone is 2. The summed E-state index contributed by atoms with van der Waals surface area (Å²) in [4.78, 5) is 42.5. The maximum atomic E-state index is 12.8. The van der Waals surface area contributed by atoms with E-state index < -0.39 is 17.7 Å². The quantitative estimate of drug-likeness (QED) is 0.0818. The fourth-order valence-electron chi connectivity index (χ4n) is 4.18. The van der Waals surface area contributed by atoms with Crippen LogP contribution in [-0.4, -0.2) is 34.4 Å². The molecular weight excluding hydrogens is 468 g/mol. The van der Waals surface area contributed by atoms with E-state index >= 15 is 0 Å². The molecule has 8 heteroatoms. The van der Waals surface area contributed by atoms with Crippen LogP contribution >= 0.6 is 0 Å². The monoisotopic (exact) mass is 518 g/mol. The predicted molar refractivity (Wildman–Crippen MR) is 150 cm³/mol. The second-order valence-corrected chi connectivity index (χ2v) is 10.2. The molecule has 210 valence electrons. The minimum atomic E-state index is -0.677. The van der Waals surface area contributed by atoms with Crippen LogP contribution in [0.4, 0.5) is 5.82 Å². The fraction of sp³-hybridized carbons (Fsp3) is 0.724. The van der Waals surface area contributed by atoms with Crippen LogP contribution in [-0.2, 0) is 9.53 Å². The molecular formula is C29H50N4O4. The topological polar surface area (TPSA) is 141 Å². The van der Waals surface area contributed by atoms with E-state index in [-0.39, 0.29) is 42.0 Å². The summed E-state index contributed by atoms with van der Waals surface area (Å²) in [5.74, 6) is -0.796. The zero-order valence-corrected chi connectivity index (χ0v) is 23.3. The lowest BCUT2D eigenvalue weighted by Crippen LogP contribution is -2.38. The maximum Gasteiger partial charge on any atom is 0.346 e. The number of hydrogen-bond donors (Lipinski definition) is 3. The number of aromatic nitrogens is 2. The second-order valence-electron chi connectivity index (χ2n) is 10.2. The van der Waals surface area contributed by atoms with Gasteiger partial charge in [0, 0.05) is 18.5 Å². The minimum Gasteiger partial charge on any atom is -0.464 e. The number of H-pyrrole nitrogens is 1. The normalized spacial score (nSPS) is 13.9. The fourth-order valence-corrected chi connectivity index (χ4v) is 4.18.